The number of hydrazone groups is 1. The summed E-state index contributed by atoms with van der Waals surface area (Å²) in [5.74, 6) is 0.225. The first-order chi connectivity index (χ1) is 7.53. The van der Waals surface area contributed by atoms with Gasteiger partial charge in [-0.2, -0.15) is 13.2 Å². The smallest absolute Gasteiger partial charge is 0.422 e. The van der Waals surface area contributed by atoms with Crippen LogP contribution >= 0.6 is 0 Å². The Balaban J connectivity index is 2.50. The van der Waals surface area contributed by atoms with Gasteiger partial charge in [-0.15, -0.1) is 5.10 Å². The minimum Gasteiger partial charge on any atom is -0.470 e. The van der Waals surface area contributed by atoms with Crippen LogP contribution in [0.4, 0.5) is 13.2 Å². The maximum atomic E-state index is 12.0. The second kappa shape index (κ2) is 5.96. The van der Waals surface area contributed by atoms with Gasteiger partial charge in [0.15, 0.2) is 6.61 Å². The molecule has 1 N–H and O–H groups in total. The van der Waals surface area contributed by atoms with Crippen molar-refractivity contribution in [1.82, 2.24) is 5.43 Å². The largest absolute Gasteiger partial charge is 0.470 e. The van der Waals surface area contributed by atoms with Gasteiger partial charge in [0.1, 0.15) is 0 Å². The molecule has 0 spiro atoms. The minimum atomic E-state index is -4.30. The molecule has 0 aliphatic heterocycles. The zero-order valence-electron chi connectivity index (χ0n) is 9.31. The third-order valence-corrected chi connectivity index (χ3v) is 2.56. The SMILES string of the molecule is CN/N=C(\OCC(F)(F)F)C1CCCCC1. The Kier molecular flexibility index (Phi) is 4.89. The monoisotopic (exact) mass is 238 g/mol. The van der Waals surface area contributed by atoms with E-state index in [9.17, 15) is 13.2 Å². The van der Waals surface area contributed by atoms with Crippen molar-refractivity contribution in [2.24, 2.45) is 11.0 Å². The number of ether oxygens (including phenoxy) is 1. The van der Waals surface area contributed by atoms with Gasteiger partial charge in [-0.05, 0) is 12.8 Å². The van der Waals surface area contributed by atoms with Crippen molar-refractivity contribution in [3.63, 3.8) is 0 Å². The van der Waals surface area contributed by atoms with Crippen molar-refractivity contribution >= 4 is 5.90 Å². The summed E-state index contributed by atoms with van der Waals surface area (Å²) in [5, 5.41) is 3.80. The molecule has 1 aliphatic rings. The highest BCUT2D eigenvalue weighted by atomic mass is 19.4. The molecule has 0 amide bonds. The molecule has 0 atom stereocenters. The number of nitrogens with zero attached hydrogens (tertiary/aromatic N) is 1. The Morgan fingerprint density at radius 2 is 1.94 bits per heavy atom. The number of hydrogen-bond acceptors (Lipinski definition) is 3. The fourth-order valence-electron chi connectivity index (χ4n) is 1.86. The summed E-state index contributed by atoms with van der Waals surface area (Å²) in [7, 11) is 1.56. The van der Waals surface area contributed by atoms with Crippen LogP contribution in [-0.4, -0.2) is 25.7 Å². The van der Waals surface area contributed by atoms with Crippen LogP contribution < -0.4 is 5.43 Å². The van der Waals surface area contributed by atoms with Gasteiger partial charge in [-0.1, -0.05) is 19.3 Å². The molecule has 0 aromatic carbocycles. The van der Waals surface area contributed by atoms with Crippen LogP contribution in [0.2, 0.25) is 0 Å². The molecular formula is C10H17F3N2O. The fourth-order valence-corrected chi connectivity index (χ4v) is 1.86. The summed E-state index contributed by atoms with van der Waals surface area (Å²) in [6, 6.07) is 0. The van der Waals surface area contributed by atoms with Crippen molar-refractivity contribution in [3.8, 4) is 0 Å². The third kappa shape index (κ3) is 4.72. The molecule has 94 valence electrons. The van der Waals surface area contributed by atoms with Crippen molar-refractivity contribution in [2.45, 2.75) is 38.3 Å². The molecule has 6 heteroatoms. The molecule has 0 radical (unpaired) electrons. The molecule has 0 aromatic heterocycles. The Morgan fingerprint density at radius 3 is 2.44 bits per heavy atom. The highest BCUT2D eigenvalue weighted by Crippen LogP contribution is 2.26. The molecule has 1 aliphatic carbocycles. The molecule has 0 aromatic rings. The Labute approximate surface area is 93.0 Å². The zero-order chi connectivity index (χ0) is 12.0. The maximum Gasteiger partial charge on any atom is 0.422 e. The van der Waals surface area contributed by atoms with E-state index in [0.717, 1.165) is 32.1 Å². The first-order valence-corrected chi connectivity index (χ1v) is 5.47. The summed E-state index contributed by atoms with van der Waals surface area (Å²) < 4.78 is 40.8. The molecule has 0 unspecified atom stereocenters. The molecule has 1 rings (SSSR count). The quantitative estimate of drug-likeness (QED) is 0.466. The Morgan fingerprint density at radius 1 is 1.31 bits per heavy atom. The van der Waals surface area contributed by atoms with Crippen molar-refractivity contribution in [1.29, 1.82) is 0 Å². The lowest BCUT2D eigenvalue weighted by atomic mass is 9.89. The fraction of sp³-hybridized carbons (Fsp3) is 0.900. The van der Waals surface area contributed by atoms with E-state index in [1.807, 2.05) is 0 Å². The second-order valence-corrected chi connectivity index (χ2v) is 3.91. The first kappa shape index (κ1) is 13.1. The summed E-state index contributed by atoms with van der Waals surface area (Å²) in [6.45, 7) is -1.26. The predicted molar refractivity (Wildman–Crippen MR) is 55.1 cm³/mol. The molecule has 0 bridgehead atoms. The van der Waals surface area contributed by atoms with Gasteiger partial charge in [-0.3, -0.25) is 0 Å². The van der Waals surface area contributed by atoms with E-state index >= 15 is 0 Å². The zero-order valence-corrected chi connectivity index (χ0v) is 9.31. The predicted octanol–water partition coefficient (Wildman–Crippen LogP) is 2.68. The van der Waals surface area contributed by atoms with Gasteiger partial charge < -0.3 is 10.2 Å². The normalized spacial score (nSPS) is 19.6. The van der Waals surface area contributed by atoms with Crippen LogP contribution in [0.15, 0.2) is 5.10 Å². The van der Waals surface area contributed by atoms with Crippen LogP contribution in [0, 0.1) is 5.92 Å². The standard InChI is InChI=1S/C10H17F3N2O/c1-14-15-9(16-7-10(11,12)13)8-5-3-2-4-6-8/h8,14H,2-7H2,1H3/b15-9-. The topological polar surface area (TPSA) is 33.6 Å². The average molecular weight is 238 g/mol. The number of halogens is 3. The van der Waals surface area contributed by atoms with Gasteiger partial charge in [0.25, 0.3) is 0 Å². The van der Waals surface area contributed by atoms with Crippen LogP contribution in [0.3, 0.4) is 0 Å². The number of hydrogen-bond donors (Lipinski definition) is 1. The molecule has 0 saturated heterocycles. The van der Waals surface area contributed by atoms with Crippen molar-refractivity contribution in [2.75, 3.05) is 13.7 Å². The first-order valence-electron chi connectivity index (χ1n) is 5.47. The van der Waals surface area contributed by atoms with E-state index < -0.39 is 12.8 Å². The summed E-state index contributed by atoms with van der Waals surface area (Å²) in [5.41, 5.74) is 2.50. The number of alkyl halides is 3. The van der Waals surface area contributed by atoms with Gasteiger partial charge in [0.05, 0.1) is 0 Å². The van der Waals surface area contributed by atoms with E-state index in [1.54, 1.807) is 7.05 Å². The molecule has 3 nitrogen and oxygen atoms in total. The lowest BCUT2D eigenvalue weighted by Crippen LogP contribution is -2.27. The second-order valence-electron chi connectivity index (χ2n) is 3.91. The molecule has 16 heavy (non-hydrogen) atoms. The van der Waals surface area contributed by atoms with E-state index in [0.29, 0.717) is 0 Å². The van der Waals surface area contributed by atoms with E-state index in [1.165, 1.54) is 0 Å². The van der Waals surface area contributed by atoms with Crippen molar-refractivity contribution in [3.05, 3.63) is 0 Å². The van der Waals surface area contributed by atoms with Crippen LogP contribution in [0.25, 0.3) is 0 Å². The molecule has 1 saturated carbocycles. The van der Waals surface area contributed by atoms with Gasteiger partial charge >= 0.3 is 6.18 Å². The number of nitrogens with one attached hydrogen (secondary N) is 1. The Hall–Kier alpha value is -0.940. The van der Waals surface area contributed by atoms with Gasteiger partial charge in [0, 0.05) is 13.0 Å². The van der Waals surface area contributed by atoms with E-state index in [4.69, 9.17) is 4.74 Å². The van der Waals surface area contributed by atoms with E-state index in [-0.39, 0.29) is 11.8 Å². The molecular weight excluding hydrogens is 221 g/mol. The molecule has 0 heterocycles. The highest BCUT2D eigenvalue weighted by Gasteiger charge is 2.31. The number of rotatable bonds is 3. The highest BCUT2D eigenvalue weighted by molar-refractivity contribution is 5.78. The summed E-state index contributed by atoms with van der Waals surface area (Å²) >= 11 is 0. The van der Waals surface area contributed by atoms with Crippen LogP contribution in [0.5, 0.6) is 0 Å². The minimum absolute atomic E-state index is 0.0311. The summed E-state index contributed by atoms with van der Waals surface area (Å²) in [4.78, 5) is 0. The maximum absolute atomic E-state index is 12.0. The van der Waals surface area contributed by atoms with Gasteiger partial charge in [0.2, 0.25) is 5.90 Å². The van der Waals surface area contributed by atoms with Crippen LogP contribution in [-0.2, 0) is 4.74 Å². The lowest BCUT2D eigenvalue weighted by Gasteiger charge is -2.23. The van der Waals surface area contributed by atoms with E-state index in [2.05, 4.69) is 10.5 Å². The lowest BCUT2D eigenvalue weighted by molar-refractivity contribution is -0.157. The van der Waals surface area contributed by atoms with Crippen molar-refractivity contribution < 1.29 is 17.9 Å². The Bertz CT molecular complexity index is 235. The molecule has 1 fully saturated rings. The van der Waals surface area contributed by atoms with Gasteiger partial charge in [-0.25, -0.2) is 0 Å². The average Bonchev–Trinajstić information content (AvgIpc) is 2.24. The summed E-state index contributed by atoms with van der Waals surface area (Å²) in [6.07, 6.45) is 0.619. The van der Waals surface area contributed by atoms with Crippen LogP contribution in [0.1, 0.15) is 32.1 Å². The third-order valence-electron chi connectivity index (χ3n) is 2.56.